The van der Waals surface area contributed by atoms with Gasteiger partial charge in [0.15, 0.2) is 5.91 Å². The van der Waals surface area contributed by atoms with E-state index in [2.05, 4.69) is 17.1 Å². The largest absolute Gasteiger partial charge is 0.497 e. The van der Waals surface area contributed by atoms with Crippen molar-refractivity contribution in [3.8, 4) is 11.5 Å². The molecule has 2 aromatic carbocycles. The molecule has 0 aliphatic carbocycles. The van der Waals surface area contributed by atoms with Gasteiger partial charge >= 0.3 is 0 Å². The first-order chi connectivity index (χ1) is 11.7. The molecular formula is C18H18ClN2O2P. The van der Waals surface area contributed by atoms with Crippen LogP contribution in [0.4, 0.5) is 0 Å². The summed E-state index contributed by atoms with van der Waals surface area (Å²) in [4.78, 5) is 4.60. The van der Waals surface area contributed by atoms with Gasteiger partial charge in [-0.2, -0.15) is 0 Å². The molecule has 1 atom stereocenters. The van der Waals surface area contributed by atoms with E-state index in [-0.39, 0.29) is 5.91 Å². The van der Waals surface area contributed by atoms with Crippen LogP contribution in [0, 0.1) is 0 Å². The van der Waals surface area contributed by atoms with Crippen LogP contribution in [0.5, 0.6) is 11.5 Å². The highest BCUT2D eigenvalue weighted by atomic mass is 35.5. The first kappa shape index (κ1) is 16.8. The number of benzene rings is 2. The first-order valence-corrected chi connectivity index (χ1v) is 9.19. The number of aliphatic imine (C=N–C) groups is 1. The van der Waals surface area contributed by atoms with Gasteiger partial charge in [-0.05, 0) is 41.0 Å². The molecule has 124 valence electrons. The third kappa shape index (κ3) is 3.55. The molecule has 0 N–H and O–H groups in total. The Morgan fingerprint density at radius 2 is 1.58 bits per heavy atom. The zero-order chi connectivity index (χ0) is 16.9. The van der Waals surface area contributed by atoms with E-state index in [1.807, 2.05) is 48.7 Å². The van der Waals surface area contributed by atoms with Gasteiger partial charge in [0.2, 0.25) is 0 Å². The smallest absolute Gasteiger partial charge is 0.162 e. The molecular weight excluding hydrogens is 343 g/mol. The fourth-order valence-electron chi connectivity index (χ4n) is 2.50. The number of allylic oxidation sites excluding steroid dienone is 1. The maximum Gasteiger partial charge on any atom is 0.162 e. The van der Waals surface area contributed by atoms with Crippen molar-refractivity contribution in [3.05, 3.63) is 60.8 Å². The van der Waals surface area contributed by atoms with E-state index < -0.39 is 7.92 Å². The number of methoxy groups -OCH3 is 2. The quantitative estimate of drug-likeness (QED) is 0.605. The van der Waals surface area contributed by atoms with Gasteiger partial charge in [0.1, 0.15) is 11.5 Å². The second kappa shape index (κ2) is 7.69. The highest BCUT2D eigenvalue weighted by Crippen LogP contribution is 2.44. The summed E-state index contributed by atoms with van der Waals surface area (Å²) < 4.78 is 12.4. The lowest BCUT2D eigenvalue weighted by Gasteiger charge is -2.31. The molecule has 0 aromatic heterocycles. The summed E-state index contributed by atoms with van der Waals surface area (Å²) in [5, 5.41) is 2.28. The first-order valence-electron chi connectivity index (χ1n) is 7.44. The van der Waals surface area contributed by atoms with E-state index in [0.717, 1.165) is 22.1 Å². The molecule has 0 radical (unpaired) electrons. The van der Waals surface area contributed by atoms with Crippen molar-refractivity contribution in [3.63, 3.8) is 0 Å². The third-order valence-corrected chi connectivity index (χ3v) is 6.60. The lowest BCUT2D eigenvalue weighted by atomic mass is 10.3. The van der Waals surface area contributed by atoms with Crippen LogP contribution in [-0.2, 0) is 0 Å². The van der Waals surface area contributed by atoms with Crippen LogP contribution >= 0.6 is 19.7 Å². The van der Waals surface area contributed by atoms with Crippen molar-refractivity contribution in [1.29, 1.82) is 0 Å². The Morgan fingerprint density at radius 3 is 2.08 bits per heavy atom. The Kier molecular flexibility index (Phi) is 5.39. The summed E-state index contributed by atoms with van der Waals surface area (Å²) in [5.74, 6) is 1.45. The predicted molar refractivity (Wildman–Crippen MR) is 101 cm³/mol. The molecule has 24 heavy (non-hydrogen) atoms. The molecule has 4 nitrogen and oxygen atoms in total. The summed E-state index contributed by atoms with van der Waals surface area (Å²) in [6.45, 7) is 0. The zero-order valence-corrected chi connectivity index (χ0v) is 15.1. The lowest BCUT2D eigenvalue weighted by Crippen LogP contribution is -2.29. The lowest BCUT2D eigenvalue weighted by molar-refractivity contribution is 0.415. The number of rotatable bonds is 5. The average molecular weight is 361 g/mol. The predicted octanol–water partition coefficient (Wildman–Crippen LogP) is 3.47. The zero-order valence-electron chi connectivity index (χ0n) is 13.5. The molecule has 3 rings (SSSR count). The van der Waals surface area contributed by atoms with E-state index in [1.165, 1.54) is 0 Å². The Bertz CT molecular complexity index is 719. The van der Waals surface area contributed by atoms with Gasteiger partial charge in [-0.1, -0.05) is 24.3 Å². The molecule has 0 saturated carbocycles. The molecule has 1 aliphatic rings. The molecule has 0 saturated heterocycles. The minimum atomic E-state index is -0.867. The Balaban J connectivity index is 2.09. The molecule has 6 heteroatoms. The fraction of sp³-hybridized carbons (Fsp3) is 0.167. The molecule has 0 spiro atoms. The van der Waals surface area contributed by atoms with Crippen LogP contribution in [0.25, 0.3) is 0 Å². The van der Waals surface area contributed by atoms with E-state index in [0.29, 0.717) is 0 Å². The Hall–Kier alpha value is -2.03. The van der Waals surface area contributed by atoms with Crippen molar-refractivity contribution in [2.75, 3.05) is 14.2 Å². The van der Waals surface area contributed by atoms with Gasteiger partial charge in [0.05, 0.1) is 14.2 Å². The van der Waals surface area contributed by atoms with Crippen molar-refractivity contribution in [1.82, 2.24) is 4.42 Å². The van der Waals surface area contributed by atoms with Crippen LogP contribution in [-0.4, -0.2) is 30.8 Å². The molecule has 0 amide bonds. The summed E-state index contributed by atoms with van der Waals surface area (Å²) in [6, 6.07) is 16.1. The average Bonchev–Trinajstić information content (AvgIpc) is 2.64. The molecule has 1 aliphatic heterocycles. The second-order valence-corrected chi connectivity index (χ2v) is 7.73. The van der Waals surface area contributed by atoms with E-state index in [1.54, 1.807) is 24.9 Å². The summed E-state index contributed by atoms with van der Waals surface area (Å²) in [5.41, 5.74) is 0. The SMILES string of the molecule is COc1cccc(P(c2cccc(OC)c2)C2N=CC=CN2Cl)c1. The van der Waals surface area contributed by atoms with Crippen molar-refractivity contribution in [2.45, 2.75) is 5.91 Å². The van der Waals surface area contributed by atoms with Crippen molar-refractivity contribution < 1.29 is 9.47 Å². The number of nitrogens with zero attached hydrogens (tertiary/aromatic N) is 2. The summed E-state index contributed by atoms with van der Waals surface area (Å²) in [6.07, 6.45) is 5.45. The molecule has 1 unspecified atom stereocenters. The van der Waals surface area contributed by atoms with Crippen LogP contribution in [0.3, 0.4) is 0 Å². The second-order valence-electron chi connectivity index (χ2n) is 5.10. The molecule has 0 fully saturated rings. The van der Waals surface area contributed by atoms with Gasteiger partial charge < -0.3 is 9.47 Å². The number of ether oxygens (including phenoxy) is 2. The number of hydrogen-bond acceptors (Lipinski definition) is 4. The Labute approximate surface area is 148 Å². The van der Waals surface area contributed by atoms with Gasteiger partial charge in [-0.3, -0.25) is 9.41 Å². The van der Waals surface area contributed by atoms with Crippen LogP contribution in [0.15, 0.2) is 65.8 Å². The minimum Gasteiger partial charge on any atom is -0.497 e. The van der Waals surface area contributed by atoms with Crippen molar-refractivity contribution >= 4 is 36.5 Å². The topological polar surface area (TPSA) is 34.1 Å². The maximum absolute atomic E-state index is 6.41. The normalized spacial score (nSPS) is 16.5. The highest BCUT2D eigenvalue weighted by molar-refractivity contribution is 7.73. The fourth-order valence-corrected chi connectivity index (χ4v) is 5.24. The van der Waals surface area contributed by atoms with Gasteiger partial charge in [0, 0.05) is 32.1 Å². The van der Waals surface area contributed by atoms with Gasteiger partial charge in [-0.25, -0.2) is 0 Å². The summed E-state index contributed by atoms with van der Waals surface area (Å²) in [7, 11) is 2.47. The minimum absolute atomic E-state index is 0.189. The molecule has 0 bridgehead atoms. The maximum atomic E-state index is 6.41. The monoisotopic (exact) mass is 360 g/mol. The van der Waals surface area contributed by atoms with Crippen LogP contribution < -0.4 is 20.1 Å². The van der Waals surface area contributed by atoms with E-state index >= 15 is 0 Å². The number of hydrogen-bond donors (Lipinski definition) is 0. The van der Waals surface area contributed by atoms with Gasteiger partial charge in [-0.15, -0.1) is 0 Å². The molecule has 2 aromatic rings. The Morgan fingerprint density at radius 1 is 1.00 bits per heavy atom. The molecule has 1 heterocycles. The van der Waals surface area contributed by atoms with Crippen LogP contribution in [0.1, 0.15) is 0 Å². The van der Waals surface area contributed by atoms with E-state index in [4.69, 9.17) is 21.3 Å². The van der Waals surface area contributed by atoms with Gasteiger partial charge in [0.25, 0.3) is 0 Å². The van der Waals surface area contributed by atoms with Crippen molar-refractivity contribution in [2.24, 2.45) is 4.99 Å². The van der Waals surface area contributed by atoms with E-state index in [9.17, 15) is 0 Å². The highest BCUT2D eigenvalue weighted by Gasteiger charge is 2.29. The summed E-state index contributed by atoms with van der Waals surface area (Å²) >= 11 is 6.41. The third-order valence-electron chi connectivity index (χ3n) is 3.65. The number of halogens is 1. The standard InChI is InChI=1S/C18H18ClN2O2P/c1-22-14-6-3-8-16(12-14)24(18-20-10-5-11-21(18)19)17-9-4-7-15(13-17)23-2/h3-13,18H,1-2H3. The van der Waals surface area contributed by atoms with Crippen LogP contribution in [0.2, 0.25) is 0 Å².